The summed E-state index contributed by atoms with van der Waals surface area (Å²) in [6.45, 7) is 1.87. The van der Waals surface area contributed by atoms with Crippen molar-refractivity contribution in [3.05, 3.63) is 24.3 Å². The van der Waals surface area contributed by atoms with Crippen LogP contribution in [0, 0.1) is 11.8 Å². The summed E-state index contributed by atoms with van der Waals surface area (Å²) in [5.41, 5.74) is 1.67. The molecule has 4 nitrogen and oxygen atoms in total. The lowest BCUT2D eigenvalue weighted by Gasteiger charge is -2.40. The molecule has 1 heterocycles. The van der Waals surface area contributed by atoms with Gasteiger partial charge < -0.3 is 4.74 Å². The summed E-state index contributed by atoms with van der Waals surface area (Å²) in [7, 11) is 1.80. The second-order valence-corrected chi connectivity index (χ2v) is 5.65. The molecule has 0 aliphatic heterocycles. The Bertz CT molecular complexity index is 674. The lowest BCUT2D eigenvalue weighted by molar-refractivity contribution is -0.0652. The summed E-state index contributed by atoms with van der Waals surface area (Å²) in [6, 6.07) is 7.94. The molecule has 110 valence electrons. The predicted octanol–water partition coefficient (Wildman–Crippen LogP) is 3.35. The summed E-state index contributed by atoms with van der Waals surface area (Å²) in [5, 5.41) is 8.64. The molecule has 1 aliphatic carbocycles. The maximum Gasteiger partial charge on any atom is 0.143 e. The topological polar surface area (TPSA) is 39.9 Å². The van der Waals surface area contributed by atoms with Gasteiger partial charge in [0.05, 0.1) is 5.52 Å². The van der Waals surface area contributed by atoms with Gasteiger partial charge in [-0.3, -0.25) is 0 Å². The third-order valence-corrected chi connectivity index (χ3v) is 4.51. The molecule has 4 heteroatoms. The number of fused-ring (bicyclic) bond motifs is 1. The smallest absolute Gasteiger partial charge is 0.143 e. The molecule has 0 amide bonds. The quantitative estimate of drug-likeness (QED) is 0.811. The molecule has 1 unspecified atom stereocenters. The second kappa shape index (κ2) is 5.87. The molecule has 21 heavy (non-hydrogen) atoms. The number of rotatable bonds is 3. The minimum absolute atomic E-state index is 0.0831. The van der Waals surface area contributed by atoms with Gasteiger partial charge >= 0.3 is 0 Å². The van der Waals surface area contributed by atoms with E-state index in [2.05, 4.69) is 22.2 Å². The average molecular weight is 283 g/mol. The molecule has 2 aromatic rings. The van der Waals surface area contributed by atoms with E-state index < -0.39 is 0 Å². The maximum absolute atomic E-state index is 5.98. The zero-order valence-electron chi connectivity index (χ0n) is 12.7. The number of ether oxygens (including phenoxy) is 1. The van der Waals surface area contributed by atoms with E-state index in [-0.39, 0.29) is 11.6 Å². The van der Waals surface area contributed by atoms with Gasteiger partial charge in [-0.05, 0) is 31.9 Å². The average Bonchev–Trinajstić information content (AvgIpc) is 2.97. The zero-order chi connectivity index (χ0) is 14.7. The fourth-order valence-corrected chi connectivity index (χ4v) is 3.37. The van der Waals surface area contributed by atoms with E-state index in [4.69, 9.17) is 4.74 Å². The SMILES string of the molecule is CC#CC(n1nnc2ccccc21)C1(OC)CCCCC1. The summed E-state index contributed by atoms with van der Waals surface area (Å²) in [5.74, 6) is 6.38. The Morgan fingerprint density at radius 1 is 1.24 bits per heavy atom. The van der Waals surface area contributed by atoms with Crippen LogP contribution in [0.5, 0.6) is 0 Å². The maximum atomic E-state index is 5.98. The molecule has 0 N–H and O–H groups in total. The van der Waals surface area contributed by atoms with Gasteiger partial charge in [-0.2, -0.15) is 0 Å². The van der Waals surface area contributed by atoms with Crippen LogP contribution in [-0.2, 0) is 4.74 Å². The molecule has 1 aromatic heterocycles. The third kappa shape index (κ3) is 2.43. The lowest BCUT2D eigenvalue weighted by Crippen LogP contribution is -2.43. The first-order valence-corrected chi connectivity index (χ1v) is 7.58. The largest absolute Gasteiger partial charge is 0.375 e. The van der Waals surface area contributed by atoms with Crippen molar-refractivity contribution >= 4 is 11.0 Å². The zero-order valence-corrected chi connectivity index (χ0v) is 12.7. The molecule has 1 fully saturated rings. The molecule has 0 saturated heterocycles. The Hall–Kier alpha value is -1.86. The van der Waals surface area contributed by atoms with E-state index in [0.717, 1.165) is 23.9 Å². The van der Waals surface area contributed by atoms with Gasteiger partial charge in [0, 0.05) is 7.11 Å². The van der Waals surface area contributed by atoms with Gasteiger partial charge in [0.1, 0.15) is 17.2 Å². The summed E-state index contributed by atoms with van der Waals surface area (Å²) >= 11 is 0. The number of para-hydroxylation sites is 1. The van der Waals surface area contributed by atoms with Crippen LogP contribution in [0.2, 0.25) is 0 Å². The van der Waals surface area contributed by atoms with E-state index in [1.807, 2.05) is 35.9 Å². The van der Waals surface area contributed by atoms with E-state index >= 15 is 0 Å². The molecular formula is C17H21N3O. The van der Waals surface area contributed by atoms with Crippen molar-refractivity contribution in [1.29, 1.82) is 0 Å². The Kier molecular flexibility index (Phi) is 3.94. The molecule has 1 aliphatic rings. The number of nitrogens with zero attached hydrogens (tertiary/aromatic N) is 3. The first kappa shape index (κ1) is 14.1. The van der Waals surface area contributed by atoms with E-state index in [1.54, 1.807) is 7.11 Å². The van der Waals surface area contributed by atoms with Crippen LogP contribution < -0.4 is 0 Å². The van der Waals surface area contributed by atoms with Crippen LogP contribution in [0.15, 0.2) is 24.3 Å². The number of benzene rings is 1. The van der Waals surface area contributed by atoms with Crippen molar-refractivity contribution in [2.75, 3.05) is 7.11 Å². The van der Waals surface area contributed by atoms with E-state index in [0.29, 0.717) is 0 Å². The molecule has 1 atom stereocenters. The van der Waals surface area contributed by atoms with Gasteiger partial charge in [-0.25, -0.2) is 4.68 Å². The molecule has 0 radical (unpaired) electrons. The van der Waals surface area contributed by atoms with Crippen molar-refractivity contribution in [1.82, 2.24) is 15.0 Å². The van der Waals surface area contributed by atoms with Gasteiger partial charge in [0.2, 0.25) is 0 Å². The number of methoxy groups -OCH3 is 1. The predicted molar refractivity (Wildman–Crippen MR) is 82.8 cm³/mol. The Balaban J connectivity index is 2.10. The summed E-state index contributed by atoms with van der Waals surface area (Å²) < 4.78 is 7.92. The number of hydrogen-bond acceptors (Lipinski definition) is 3. The minimum Gasteiger partial charge on any atom is -0.375 e. The van der Waals surface area contributed by atoms with Crippen molar-refractivity contribution < 1.29 is 4.74 Å². The van der Waals surface area contributed by atoms with Crippen molar-refractivity contribution in [3.63, 3.8) is 0 Å². The van der Waals surface area contributed by atoms with Gasteiger partial charge in [-0.1, -0.05) is 42.5 Å². The van der Waals surface area contributed by atoms with Crippen molar-refractivity contribution in [3.8, 4) is 11.8 Å². The van der Waals surface area contributed by atoms with Crippen molar-refractivity contribution in [2.45, 2.75) is 50.7 Å². The molecule has 1 aromatic carbocycles. The second-order valence-electron chi connectivity index (χ2n) is 5.65. The Morgan fingerprint density at radius 2 is 2.00 bits per heavy atom. The van der Waals surface area contributed by atoms with Crippen LogP contribution >= 0.6 is 0 Å². The van der Waals surface area contributed by atoms with E-state index in [1.165, 1.54) is 19.3 Å². The normalized spacial score (nSPS) is 19.0. The highest BCUT2D eigenvalue weighted by Crippen LogP contribution is 2.40. The van der Waals surface area contributed by atoms with Gasteiger partial charge in [0.25, 0.3) is 0 Å². The molecule has 3 rings (SSSR count). The molecule has 0 bridgehead atoms. The standard InChI is InChI=1S/C17H21N3O/c1-3-9-16(17(21-2)12-7-4-8-13-17)20-15-11-6-5-10-14(15)18-19-20/h5-6,10-11,16H,4,7-8,12-13H2,1-2H3. The lowest BCUT2D eigenvalue weighted by atomic mass is 9.79. The monoisotopic (exact) mass is 283 g/mol. The molecule has 1 saturated carbocycles. The fraction of sp³-hybridized carbons (Fsp3) is 0.529. The highest BCUT2D eigenvalue weighted by Gasteiger charge is 2.41. The van der Waals surface area contributed by atoms with Crippen LogP contribution in [0.1, 0.15) is 45.1 Å². The first-order chi connectivity index (χ1) is 10.3. The Morgan fingerprint density at radius 3 is 2.71 bits per heavy atom. The van der Waals surface area contributed by atoms with Gasteiger partial charge in [0.15, 0.2) is 0 Å². The third-order valence-electron chi connectivity index (χ3n) is 4.51. The summed E-state index contributed by atoms with van der Waals surface area (Å²) in [6.07, 6.45) is 5.69. The highest BCUT2D eigenvalue weighted by atomic mass is 16.5. The molecular weight excluding hydrogens is 262 g/mol. The van der Waals surface area contributed by atoms with Crippen LogP contribution in [0.3, 0.4) is 0 Å². The van der Waals surface area contributed by atoms with Crippen molar-refractivity contribution in [2.24, 2.45) is 0 Å². The minimum atomic E-state index is -0.252. The first-order valence-electron chi connectivity index (χ1n) is 7.58. The van der Waals surface area contributed by atoms with Crippen LogP contribution in [0.25, 0.3) is 11.0 Å². The van der Waals surface area contributed by atoms with E-state index in [9.17, 15) is 0 Å². The number of aromatic nitrogens is 3. The van der Waals surface area contributed by atoms with Crippen LogP contribution in [-0.4, -0.2) is 27.7 Å². The van der Waals surface area contributed by atoms with Crippen LogP contribution in [0.4, 0.5) is 0 Å². The van der Waals surface area contributed by atoms with Gasteiger partial charge in [-0.15, -0.1) is 11.0 Å². The Labute approximate surface area is 125 Å². The number of hydrogen-bond donors (Lipinski definition) is 0. The molecule has 0 spiro atoms. The highest BCUT2D eigenvalue weighted by molar-refractivity contribution is 5.74. The fourth-order valence-electron chi connectivity index (χ4n) is 3.37. The summed E-state index contributed by atoms with van der Waals surface area (Å²) in [4.78, 5) is 0.